The first-order valence-electron chi connectivity index (χ1n) is 11.1. The van der Waals surface area contributed by atoms with Crippen molar-refractivity contribution in [1.29, 1.82) is 0 Å². The zero-order valence-corrected chi connectivity index (χ0v) is 18.4. The van der Waals surface area contributed by atoms with Crippen LogP contribution in [0.1, 0.15) is 41.7 Å². The standard InChI is InChI=1S/C24H28FN5O2/c1-16-14-30-15-18(21(32-2)13-22(30)27-16)23(31)28-20-5-4-17(12-19(20)25)29-10-7-24(8-11-29)6-3-9-26-24/h4-5,12-15,26H,3,6-11H2,1-2H3,(H,28,31). The predicted molar refractivity (Wildman–Crippen MR) is 122 cm³/mol. The van der Waals surface area contributed by atoms with Gasteiger partial charge in [0.15, 0.2) is 0 Å². The Morgan fingerprint density at radius 1 is 1.22 bits per heavy atom. The van der Waals surface area contributed by atoms with Crippen LogP contribution in [0.4, 0.5) is 15.8 Å². The molecule has 4 heterocycles. The van der Waals surface area contributed by atoms with Gasteiger partial charge in [0.05, 0.1) is 24.1 Å². The number of hydrogen-bond donors (Lipinski definition) is 2. The zero-order chi connectivity index (χ0) is 22.3. The number of anilines is 2. The lowest BCUT2D eigenvalue weighted by molar-refractivity contribution is 0.102. The van der Waals surface area contributed by atoms with Gasteiger partial charge in [-0.1, -0.05) is 0 Å². The Balaban J connectivity index is 1.32. The van der Waals surface area contributed by atoms with Gasteiger partial charge in [0.1, 0.15) is 17.2 Å². The van der Waals surface area contributed by atoms with E-state index in [0.717, 1.165) is 43.9 Å². The molecule has 8 heteroatoms. The van der Waals surface area contributed by atoms with Crippen molar-refractivity contribution in [1.82, 2.24) is 14.7 Å². The summed E-state index contributed by atoms with van der Waals surface area (Å²) in [5, 5.41) is 6.35. The molecule has 2 aliphatic rings. The summed E-state index contributed by atoms with van der Waals surface area (Å²) < 4.78 is 22.0. The highest BCUT2D eigenvalue weighted by molar-refractivity contribution is 6.06. The number of pyridine rings is 1. The SMILES string of the molecule is COc1cc2nc(C)cn2cc1C(=O)Nc1ccc(N2CCC3(CCCN3)CC2)cc1F. The summed E-state index contributed by atoms with van der Waals surface area (Å²) in [5.41, 5.74) is 3.10. The zero-order valence-electron chi connectivity index (χ0n) is 18.4. The highest BCUT2D eigenvalue weighted by Crippen LogP contribution is 2.33. The van der Waals surface area contributed by atoms with Crippen molar-refractivity contribution in [3.63, 3.8) is 0 Å². The Hall–Kier alpha value is -3.13. The number of hydrogen-bond acceptors (Lipinski definition) is 5. The van der Waals surface area contributed by atoms with Gasteiger partial charge >= 0.3 is 0 Å². The molecule has 7 nitrogen and oxygen atoms in total. The molecular formula is C24H28FN5O2. The average Bonchev–Trinajstić information content (AvgIpc) is 3.39. The van der Waals surface area contributed by atoms with Gasteiger partial charge in [-0.15, -0.1) is 0 Å². The molecule has 2 aliphatic heterocycles. The number of halogens is 1. The van der Waals surface area contributed by atoms with Crippen molar-refractivity contribution >= 4 is 22.9 Å². The number of piperidine rings is 1. The molecule has 1 aromatic carbocycles. The number of rotatable bonds is 4. The molecule has 2 N–H and O–H groups in total. The summed E-state index contributed by atoms with van der Waals surface area (Å²) in [6.07, 6.45) is 8.09. The summed E-state index contributed by atoms with van der Waals surface area (Å²) in [7, 11) is 1.50. The summed E-state index contributed by atoms with van der Waals surface area (Å²) >= 11 is 0. The van der Waals surface area contributed by atoms with E-state index in [2.05, 4.69) is 20.5 Å². The molecule has 2 fully saturated rings. The van der Waals surface area contributed by atoms with Crippen molar-refractivity contribution in [2.45, 2.75) is 38.1 Å². The third-order valence-electron chi connectivity index (χ3n) is 6.76. The van der Waals surface area contributed by atoms with Crippen LogP contribution in [0.2, 0.25) is 0 Å². The number of aromatic nitrogens is 2. The van der Waals surface area contributed by atoms with Crippen LogP contribution in [0, 0.1) is 12.7 Å². The predicted octanol–water partition coefficient (Wildman–Crippen LogP) is 3.77. The summed E-state index contributed by atoms with van der Waals surface area (Å²) in [5.74, 6) is -0.497. The summed E-state index contributed by atoms with van der Waals surface area (Å²) in [6, 6.07) is 6.71. The summed E-state index contributed by atoms with van der Waals surface area (Å²) in [6.45, 7) is 4.78. The second kappa shape index (κ2) is 8.09. The van der Waals surface area contributed by atoms with Crippen LogP contribution in [0.25, 0.3) is 5.65 Å². The third-order valence-corrected chi connectivity index (χ3v) is 6.76. The minimum Gasteiger partial charge on any atom is -0.496 e. The number of methoxy groups -OCH3 is 1. The fourth-order valence-electron chi connectivity index (χ4n) is 4.96. The number of ether oxygens (including phenoxy) is 1. The molecule has 0 unspecified atom stereocenters. The normalized spacial score (nSPS) is 17.8. The number of fused-ring (bicyclic) bond motifs is 1. The van der Waals surface area contributed by atoms with Crippen LogP contribution in [0.5, 0.6) is 5.75 Å². The Bertz CT molecular complexity index is 1160. The Morgan fingerprint density at radius 2 is 2.03 bits per heavy atom. The van der Waals surface area contributed by atoms with Crippen molar-refractivity contribution in [3.8, 4) is 5.75 Å². The second-order valence-electron chi connectivity index (χ2n) is 8.82. The van der Waals surface area contributed by atoms with Gasteiger partial charge in [0.2, 0.25) is 0 Å². The number of nitrogens with zero attached hydrogens (tertiary/aromatic N) is 3. The minimum atomic E-state index is -0.450. The molecule has 2 aromatic heterocycles. The summed E-state index contributed by atoms with van der Waals surface area (Å²) in [4.78, 5) is 19.5. The van der Waals surface area contributed by atoms with Gasteiger partial charge in [0.25, 0.3) is 5.91 Å². The molecule has 1 amide bonds. The maximum atomic E-state index is 14.9. The van der Waals surface area contributed by atoms with E-state index in [9.17, 15) is 9.18 Å². The van der Waals surface area contributed by atoms with Crippen LogP contribution in [0.3, 0.4) is 0 Å². The molecule has 168 valence electrons. The average molecular weight is 438 g/mol. The first-order valence-corrected chi connectivity index (χ1v) is 11.1. The van der Waals surface area contributed by atoms with E-state index < -0.39 is 11.7 Å². The molecule has 3 aromatic rings. The van der Waals surface area contributed by atoms with Gasteiger partial charge in [-0.05, 0) is 57.4 Å². The molecule has 5 rings (SSSR count). The maximum Gasteiger partial charge on any atom is 0.261 e. The van der Waals surface area contributed by atoms with Crippen molar-refractivity contribution in [2.75, 3.05) is 37.0 Å². The second-order valence-corrected chi connectivity index (χ2v) is 8.82. The van der Waals surface area contributed by atoms with E-state index >= 15 is 0 Å². The highest BCUT2D eigenvalue weighted by atomic mass is 19.1. The lowest BCUT2D eigenvalue weighted by Crippen LogP contribution is -2.50. The first kappa shape index (κ1) is 20.8. The Morgan fingerprint density at radius 3 is 2.72 bits per heavy atom. The fourth-order valence-corrected chi connectivity index (χ4v) is 4.96. The number of nitrogens with one attached hydrogen (secondary N) is 2. The lowest BCUT2D eigenvalue weighted by Gasteiger charge is -2.40. The largest absolute Gasteiger partial charge is 0.496 e. The van der Waals surface area contributed by atoms with E-state index in [1.54, 1.807) is 22.7 Å². The number of carbonyl (C=O) groups is 1. The molecule has 0 aliphatic carbocycles. The monoisotopic (exact) mass is 437 g/mol. The van der Waals surface area contributed by atoms with Gasteiger partial charge in [-0.3, -0.25) is 4.79 Å². The Kier molecular flexibility index (Phi) is 5.25. The van der Waals surface area contributed by atoms with E-state index in [4.69, 9.17) is 4.74 Å². The number of aryl methyl sites for hydroxylation is 1. The molecule has 0 bridgehead atoms. The number of benzene rings is 1. The smallest absolute Gasteiger partial charge is 0.261 e. The molecule has 1 spiro atoms. The molecule has 32 heavy (non-hydrogen) atoms. The maximum absolute atomic E-state index is 14.9. The number of carbonyl (C=O) groups excluding carboxylic acids is 1. The Labute approximate surface area is 186 Å². The molecule has 2 saturated heterocycles. The van der Waals surface area contributed by atoms with E-state index in [0.29, 0.717) is 17.0 Å². The van der Waals surface area contributed by atoms with Crippen LogP contribution >= 0.6 is 0 Å². The van der Waals surface area contributed by atoms with E-state index in [1.165, 1.54) is 26.0 Å². The van der Waals surface area contributed by atoms with Crippen molar-refractivity contribution in [2.24, 2.45) is 0 Å². The van der Waals surface area contributed by atoms with Crippen LogP contribution < -0.4 is 20.3 Å². The quantitative estimate of drug-likeness (QED) is 0.650. The molecule has 0 saturated carbocycles. The van der Waals surface area contributed by atoms with Gasteiger partial charge < -0.3 is 24.7 Å². The van der Waals surface area contributed by atoms with E-state index in [1.807, 2.05) is 19.2 Å². The van der Waals surface area contributed by atoms with Crippen molar-refractivity contribution in [3.05, 3.63) is 53.7 Å². The first-order chi connectivity index (χ1) is 15.5. The molecule has 0 atom stereocenters. The number of imidazole rings is 1. The molecule has 0 radical (unpaired) electrons. The lowest BCUT2D eigenvalue weighted by atomic mass is 9.86. The minimum absolute atomic E-state index is 0.147. The number of amides is 1. The van der Waals surface area contributed by atoms with E-state index in [-0.39, 0.29) is 11.2 Å². The van der Waals surface area contributed by atoms with Crippen LogP contribution in [0.15, 0.2) is 36.7 Å². The van der Waals surface area contributed by atoms with Crippen molar-refractivity contribution < 1.29 is 13.9 Å². The molecular weight excluding hydrogens is 409 g/mol. The topological polar surface area (TPSA) is 70.9 Å². The fraction of sp³-hybridized carbons (Fsp3) is 0.417. The van der Waals surface area contributed by atoms with Gasteiger partial charge in [-0.2, -0.15) is 0 Å². The highest BCUT2D eigenvalue weighted by Gasteiger charge is 2.36. The van der Waals surface area contributed by atoms with Gasteiger partial charge in [-0.25, -0.2) is 9.37 Å². The third kappa shape index (κ3) is 3.79. The van der Waals surface area contributed by atoms with Crippen LogP contribution in [-0.2, 0) is 0 Å². The van der Waals surface area contributed by atoms with Crippen LogP contribution in [-0.4, -0.2) is 47.6 Å². The van der Waals surface area contributed by atoms with Gasteiger partial charge in [0, 0.05) is 42.8 Å².